The first kappa shape index (κ1) is 22.7. The first-order valence-electron chi connectivity index (χ1n) is 11.0. The van der Waals surface area contributed by atoms with E-state index in [1.165, 1.54) is 6.42 Å². The molecule has 31 heavy (non-hydrogen) atoms. The Labute approximate surface area is 183 Å². The van der Waals surface area contributed by atoms with Gasteiger partial charge < -0.3 is 19.7 Å². The molecule has 1 N–H and O–H groups in total. The Hall–Kier alpha value is -3.03. The Morgan fingerprint density at radius 3 is 2.65 bits per heavy atom. The van der Waals surface area contributed by atoms with E-state index in [1.54, 1.807) is 18.2 Å². The molecule has 1 aliphatic heterocycles. The van der Waals surface area contributed by atoms with Gasteiger partial charge in [0.15, 0.2) is 18.1 Å². The number of benzene rings is 1. The van der Waals surface area contributed by atoms with Crippen molar-refractivity contribution in [2.45, 2.75) is 46.1 Å². The van der Waals surface area contributed by atoms with Crippen molar-refractivity contribution < 1.29 is 19.1 Å². The molecule has 0 atom stereocenters. The van der Waals surface area contributed by atoms with Crippen LogP contribution < -0.4 is 14.8 Å². The van der Waals surface area contributed by atoms with Crippen LogP contribution in [0.1, 0.15) is 48.5 Å². The van der Waals surface area contributed by atoms with E-state index in [0.29, 0.717) is 30.2 Å². The van der Waals surface area contributed by atoms with Crippen molar-refractivity contribution in [3.05, 3.63) is 41.7 Å². The normalized spacial score (nSPS) is 13.7. The van der Waals surface area contributed by atoms with Crippen LogP contribution in [-0.4, -0.2) is 59.3 Å². The van der Waals surface area contributed by atoms with E-state index in [1.807, 2.05) is 35.8 Å². The third-order valence-corrected chi connectivity index (χ3v) is 5.18. The summed E-state index contributed by atoms with van der Waals surface area (Å²) in [5.74, 6) is 0.747. The van der Waals surface area contributed by atoms with E-state index >= 15 is 0 Å². The smallest absolute Gasteiger partial charge is 0.260 e. The summed E-state index contributed by atoms with van der Waals surface area (Å²) >= 11 is 0. The highest BCUT2D eigenvalue weighted by molar-refractivity contribution is 5.94. The van der Waals surface area contributed by atoms with E-state index < -0.39 is 0 Å². The van der Waals surface area contributed by atoms with E-state index in [-0.39, 0.29) is 18.4 Å². The van der Waals surface area contributed by atoms with Gasteiger partial charge in [-0.25, -0.2) is 0 Å². The molecule has 1 aliphatic rings. The lowest BCUT2D eigenvalue weighted by Crippen LogP contribution is -2.38. The second-order valence-corrected chi connectivity index (χ2v) is 7.71. The zero-order valence-corrected chi connectivity index (χ0v) is 18.4. The average molecular weight is 429 g/mol. The van der Waals surface area contributed by atoms with Gasteiger partial charge in [0.05, 0.1) is 12.8 Å². The van der Waals surface area contributed by atoms with Crippen LogP contribution in [-0.2, 0) is 11.3 Å². The molecule has 1 aromatic heterocycles. The van der Waals surface area contributed by atoms with E-state index in [9.17, 15) is 9.59 Å². The summed E-state index contributed by atoms with van der Waals surface area (Å²) in [4.78, 5) is 26.7. The Morgan fingerprint density at radius 1 is 1.13 bits per heavy atom. The van der Waals surface area contributed by atoms with Crippen molar-refractivity contribution in [3.63, 3.8) is 0 Å². The van der Waals surface area contributed by atoms with E-state index in [4.69, 9.17) is 9.47 Å². The Balaban J connectivity index is 1.51. The Kier molecular flexibility index (Phi) is 8.32. The standard InChI is InChI=1S/C23H32N4O4/c1-3-30-21-14-19(23(29)24-10-7-13-27-16-18(2)15-25-27)8-9-20(21)31-17-22(28)26-11-5-4-6-12-26/h8-9,14-16H,3-7,10-13,17H2,1-2H3,(H,24,29). The number of likely N-dealkylation sites (tertiary alicyclic amines) is 1. The molecule has 8 nitrogen and oxygen atoms in total. The zero-order valence-electron chi connectivity index (χ0n) is 18.4. The molecule has 0 unspecified atom stereocenters. The number of ether oxygens (including phenoxy) is 2. The van der Waals surface area contributed by atoms with Crippen LogP contribution in [0.15, 0.2) is 30.6 Å². The van der Waals surface area contributed by atoms with Crippen LogP contribution in [0.25, 0.3) is 0 Å². The molecule has 8 heteroatoms. The third-order valence-electron chi connectivity index (χ3n) is 5.18. The van der Waals surface area contributed by atoms with Crippen LogP contribution in [0.5, 0.6) is 11.5 Å². The molecule has 3 rings (SSSR count). The molecule has 0 spiro atoms. The van der Waals surface area contributed by atoms with Gasteiger partial charge in [0.2, 0.25) is 0 Å². The molecule has 0 saturated carbocycles. The maximum absolute atomic E-state index is 12.5. The highest BCUT2D eigenvalue weighted by Crippen LogP contribution is 2.28. The Morgan fingerprint density at radius 2 is 1.94 bits per heavy atom. The number of carbonyl (C=O) groups excluding carboxylic acids is 2. The van der Waals surface area contributed by atoms with Gasteiger partial charge in [-0.05, 0) is 63.3 Å². The van der Waals surface area contributed by atoms with Crippen LogP contribution in [0, 0.1) is 6.92 Å². The molecule has 168 valence electrons. The number of aryl methyl sites for hydroxylation is 2. The predicted octanol–water partition coefficient (Wildman–Crippen LogP) is 2.80. The Bertz CT molecular complexity index is 874. The van der Waals surface area contributed by atoms with Gasteiger partial charge in [-0.1, -0.05) is 0 Å². The fourth-order valence-electron chi connectivity index (χ4n) is 3.55. The molecule has 1 saturated heterocycles. The van der Waals surface area contributed by atoms with Crippen molar-refractivity contribution in [2.75, 3.05) is 32.8 Å². The quantitative estimate of drug-likeness (QED) is 0.588. The summed E-state index contributed by atoms with van der Waals surface area (Å²) < 4.78 is 13.2. The fraction of sp³-hybridized carbons (Fsp3) is 0.522. The lowest BCUT2D eigenvalue weighted by atomic mass is 10.1. The molecule has 0 bridgehead atoms. The van der Waals surface area contributed by atoms with Crippen molar-refractivity contribution in [1.82, 2.24) is 20.0 Å². The topological polar surface area (TPSA) is 85.7 Å². The monoisotopic (exact) mass is 428 g/mol. The molecule has 2 heterocycles. The number of rotatable bonds is 10. The summed E-state index contributed by atoms with van der Waals surface area (Å²) in [6.07, 6.45) is 7.84. The molecular weight excluding hydrogens is 396 g/mol. The van der Waals surface area contributed by atoms with Crippen LogP contribution in [0.2, 0.25) is 0 Å². The van der Waals surface area contributed by atoms with Crippen molar-refractivity contribution in [1.29, 1.82) is 0 Å². The number of nitrogens with zero attached hydrogens (tertiary/aromatic N) is 3. The second-order valence-electron chi connectivity index (χ2n) is 7.71. The SMILES string of the molecule is CCOc1cc(C(=O)NCCCn2cc(C)cn2)ccc1OCC(=O)N1CCCCC1. The maximum atomic E-state index is 12.5. The molecule has 1 fully saturated rings. The molecule has 2 amide bonds. The van der Waals surface area contributed by atoms with E-state index in [0.717, 1.165) is 44.5 Å². The van der Waals surface area contributed by atoms with Crippen LogP contribution in [0.3, 0.4) is 0 Å². The molecule has 2 aromatic rings. The predicted molar refractivity (Wildman–Crippen MR) is 117 cm³/mol. The van der Waals surface area contributed by atoms with Crippen LogP contribution >= 0.6 is 0 Å². The zero-order chi connectivity index (χ0) is 22.1. The second kappa shape index (κ2) is 11.4. The number of aromatic nitrogens is 2. The molecular formula is C23H32N4O4. The fourth-order valence-corrected chi connectivity index (χ4v) is 3.55. The molecule has 0 aliphatic carbocycles. The highest BCUT2D eigenvalue weighted by atomic mass is 16.5. The first-order chi connectivity index (χ1) is 15.1. The first-order valence-corrected chi connectivity index (χ1v) is 11.0. The number of nitrogens with one attached hydrogen (secondary N) is 1. The minimum absolute atomic E-state index is 0.0173. The summed E-state index contributed by atoms with van der Waals surface area (Å²) in [6.45, 7) is 7.15. The van der Waals surface area contributed by atoms with Gasteiger partial charge in [0.25, 0.3) is 11.8 Å². The third kappa shape index (κ3) is 6.73. The summed E-state index contributed by atoms with van der Waals surface area (Å²) in [6, 6.07) is 5.04. The average Bonchev–Trinajstić information content (AvgIpc) is 3.21. The minimum atomic E-state index is -0.173. The van der Waals surface area contributed by atoms with Gasteiger partial charge in [-0.2, -0.15) is 5.10 Å². The van der Waals surface area contributed by atoms with Gasteiger partial charge in [0.1, 0.15) is 0 Å². The summed E-state index contributed by atoms with van der Waals surface area (Å²) in [5, 5.41) is 7.16. The molecule has 0 radical (unpaired) electrons. The number of hydrogen-bond donors (Lipinski definition) is 1. The maximum Gasteiger partial charge on any atom is 0.260 e. The lowest BCUT2D eigenvalue weighted by molar-refractivity contribution is -0.134. The largest absolute Gasteiger partial charge is 0.490 e. The number of piperidine rings is 1. The summed E-state index contributed by atoms with van der Waals surface area (Å²) in [7, 11) is 0. The van der Waals surface area contributed by atoms with Gasteiger partial charge >= 0.3 is 0 Å². The van der Waals surface area contributed by atoms with Gasteiger partial charge in [-0.15, -0.1) is 0 Å². The van der Waals surface area contributed by atoms with Gasteiger partial charge in [-0.3, -0.25) is 14.3 Å². The van der Waals surface area contributed by atoms with Crippen molar-refractivity contribution in [2.24, 2.45) is 0 Å². The van der Waals surface area contributed by atoms with Crippen molar-refractivity contribution >= 4 is 11.8 Å². The van der Waals surface area contributed by atoms with E-state index in [2.05, 4.69) is 10.4 Å². The number of hydrogen-bond acceptors (Lipinski definition) is 5. The van der Waals surface area contributed by atoms with Gasteiger partial charge in [0, 0.05) is 37.9 Å². The molecule has 1 aromatic carbocycles. The number of carbonyl (C=O) groups is 2. The summed E-state index contributed by atoms with van der Waals surface area (Å²) in [5.41, 5.74) is 1.61. The number of amides is 2. The van der Waals surface area contributed by atoms with Crippen LogP contribution in [0.4, 0.5) is 0 Å². The highest BCUT2D eigenvalue weighted by Gasteiger charge is 2.18. The van der Waals surface area contributed by atoms with Crippen molar-refractivity contribution in [3.8, 4) is 11.5 Å². The minimum Gasteiger partial charge on any atom is -0.490 e. The lowest BCUT2D eigenvalue weighted by Gasteiger charge is -2.26.